The van der Waals surface area contributed by atoms with E-state index in [-0.39, 0.29) is 35.7 Å². The van der Waals surface area contributed by atoms with Gasteiger partial charge < -0.3 is 10.2 Å². The second-order valence-corrected chi connectivity index (χ2v) is 7.14. The largest absolute Gasteiger partial charge is 0.326 e. The molecule has 2 aromatic rings. The van der Waals surface area contributed by atoms with Gasteiger partial charge in [0.2, 0.25) is 11.8 Å². The number of nitrogens with one attached hydrogen (secondary N) is 1. The number of anilines is 2. The molecule has 1 aliphatic rings. The molecule has 2 amide bonds. The topological polar surface area (TPSA) is 49.4 Å². The standard InChI is InChI=1S/C20H20ClFN2O2/c1-12(2)15-5-3-4-6-18(15)23-20(26)13-9-19(25)24(11-13)14-7-8-17(22)16(21)10-14/h3-8,10,12-13H,9,11H2,1-2H3,(H,23,26). The molecule has 136 valence electrons. The van der Waals surface area contributed by atoms with Gasteiger partial charge in [-0.05, 0) is 35.7 Å². The molecule has 26 heavy (non-hydrogen) atoms. The molecule has 1 N–H and O–H groups in total. The lowest BCUT2D eigenvalue weighted by molar-refractivity contribution is -0.122. The second kappa shape index (κ2) is 7.46. The maximum atomic E-state index is 13.3. The Hall–Kier alpha value is -2.40. The molecule has 0 aromatic heterocycles. The number of halogens is 2. The summed E-state index contributed by atoms with van der Waals surface area (Å²) in [7, 11) is 0. The van der Waals surface area contributed by atoms with Crippen molar-refractivity contribution in [2.75, 3.05) is 16.8 Å². The predicted octanol–water partition coefficient (Wildman–Crippen LogP) is 4.59. The summed E-state index contributed by atoms with van der Waals surface area (Å²) in [6.07, 6.45) is 0.116. The molecule has 0 saturated carbocycles. The average Bonchev–Trinajstić information content (AvgIpc) is 2.99. The first-order valence-corrected chi connectivity index (χ1v) is 8.90. The number of rotatable bonds is 4. The van der Waals surface area contributed by atoms with Gasteiger partial charge in [-0.1, -0.05) is 43.6 Å². The Bertz CT molecular complexity index is 853. The van der Waals surface area contributed by atoms with E-state index in [2.05, 4.69) is 19.2 Å². The third-order valence-electron chi connectivity index (χ3n) is 4.55. The summed E-state index contributed by atoms with van der Waals surface area (Å²) in [6, 6.07) is 11.8. The Balaban J connectivity index is 1.74. The van der Waals surface area contributed by atoms with Crippen LogP contribution in [-0.2, 0) is 9.59 Å². The Morgan fingerprint density at radius 3 is 2.69 bits per heavy atom. The fourth-order valence-electron chi connectivity index (χ4n) is 3.13. The van der Waals surface area contributed by atoms with Crippen LogP contribution < -0.4 is 10.2 Å². The Morgan fingerprint density at radius 1 is 1.27 bits per heavy atom. The molecule has 1 heterocycles. The van der Waals surface area contributed by atoms with Gasteiger partial charge in [-0.2, -0.15) is 0 Å². The molecule has 0 radical (unpaired) electrons. The molecule has 3 rings (SSSR count). The fourth-order valence-corrected chi connectivity index (χ4v) is 3.31. The SMILES string of the molecule is CC(C)c1ccccc1NC(=O)C1CC(=O)N(c2ccc(F)c(Cl)c2)C1. The van der Waals surface area contributed by atoms with E-state index in [0.29, 0.717) is 5.69 Å². The van der Waals surface area contributed by atoms with Gasteiger partial charge in [0.25, 0.3) is 0 Å². The van der Waals surface area contributed by atoms with Gasteiger partial charge in [0.15, 0.2) is 0 Å². The first kappa shape index (κ1) is 18.4. The molecule has 1 atom stereocenters. The molecule has 0 bridgehead atoms. The summed E-state index contributed by atoms with van der Waals surface area (Å²) < 4.78 is 13.3. The highest BCUT2D eigenvalue weighted by molar-refractivity contribution is 6.31. The Kier molecular flexibility index (Phi) is 5.28. The Labute approximate surface area is 157 Å². The van der Waals surface area contributed by atoms with Gasteiger partial charge in [0, 0.05) is 24.3 Å². The summed E-state index contributed by atoms with van der Waals surface area (Å²) in [5, 5.41) is 2.90. The van der Waals surface area contributed by atoms with E-state index in [1.165, 1.54) is 23.1 Å². The summed E-state index contributed by atoms with van der Waals surface area (Å²) in [5.41, 5.74) is 2.31. The van der Waals surface area contributed by atoms with Crippen LogP contribution in [0.5, 0.6) is 0 Å². The number of carbonyl (C=O) groups excluding carboxylic acids is 2. The minimum absolute atomic E-state index is 0.0472. The lowest BCUT2D eigenvalue weighted by atomic mass is 10.0. The van der Waals surface area contributed by atoms with E-state index >= 15 is 0 Å². The zero-order valence-electron chi connectivity index (χ0n) is 14.6. The smallest absolute Gasteiger partial charge is 0.229 e. The molecule has 1 unspecified atom stereocenters. The van der Waals surface area contributed by atoms with Crippen molar-refractivity contribution in [2.45, 2.75) is 26.2 Å². The van der Waals surface area contributed by atoms with E-state index in [4.69, 9.17) is 11.6 Å². The van der Waals surface area contributed by atoms with E-state index in [9.17, 15) is 14.0 Å². The molecular formula is C20H20ClFN2O2. The van der Waals surface area contributed by atoms with Crippen molar-refractivity contribution in [2.24, 2.45) is 5.92 Å². The molecule has 1 fully saturated rings. The maximum Gasteiger partial charge on any atom is 0.229 e. The highest BCUT2D eigenvalue weighted by Crippen LogP contribution is 2.30. The van der Waals surface area contributed by atoms with Crippen molar-refractivity contribution in [1.29, 1.82) is 0 Å². The van der Waals surface area contributed by atoms with Crippen LogP contribution in [0.3, 0.4) is 0 Å². The number of hydrogen-bond acceptors (Lipinski definition) is 2. The highest BCUT2D eigenvalue weighted by Gasteiger charge is 2.35. The first-order chi connectivity index (χ1) is 12.4. The van der Waals surface area contributed by atoms with Crippen LogP contribution in [0.2, 0.25) is 5.02 Å². The highest BCUT2D eigenvalue weighted by atomic mass is 35.5. The summed E-state index contributed by atoms with van der Waals surface area (Å²) in [5.74, 6) is -1.10. The zero-order valence-corrected chi connectivity index (χ0v) is 15.4. The third-order valence-corrected chi connectivity index (χ3v) is 4.84. The molecule has 2 aromatic carbocycles. The van der Waals surface area contributed by atoms with Crippen LogP contribution in [0.4, 0.5) is 15.8 Å². The first-order valence-electron chi connectivity index (χ1n) is 8.52. The van der Waals surface area contributed by atoms with Gasteiger partial charge >= 0.3 is 0 Å². The molecule has 0 aliphatic carbocycles. The van der Waals surface area contributed by atoms with Crippen molar-refractivity contribution in [3.8, 4) is 0 Å². The number of hydrogen-bond donors (Lipinski definition) is 1. The summed E-state index contributed by atoms with van der Waals surface area (Å²) in [6.45, 7) is 4.37. The normalized spacial score (nSPS) is 17.0. The van der Waals surface area contributed by atoms with Crippen LogP contribution in [-0.4, -0.2) is 18.4 Å². The third kappa shape index (κ3) is 3.73. The average molecular weight is 375 g/mol. The van der Waals surface area contributed by atoms with Crippen molar-refractivity contribution in [3.63, 3.8) is 0 Å². The summed E-state index contributed by atoms with van der Waals surface area (Å²) in [4.78, 5) is 26.5. The van der Waals surface area contributed by atoms with Gasteiger partial charge in [0.05, 0.1) is 10.9 Å². The number of nitrogens with zero attached hydrogens (tertiary/aromatic N) is 1. The van der Waals surface area contributed by atoms with E-state index < -0.39 is 11.7 Å². The molecule has 0 spiro atoms. The quantitative estimate of drug-likeness (QED) is 0.850. The fraction of sp³-hybridized carbons (Fsp3) is 0.300. The summed E-state index contributed by atoms with van der Waals surface area (Å²) >= 11 is 5.80. The van der Waals surface area contributed by atoms with Crippen LogP contribution in [0.15, 0.2) is 42.5 Å². The van der Waals surface area contributed by atoms with Crippen LogP contribution in [0.1, 0.15) is 31.7 Å². The molecule has 1 aliphatic heterocycles. The van der Waals surface area contributed by atoms with Crippen molar-refractivity contribution >= 4 is 34.8 Å². The van der Waals surface area contributed by atoms with Gasteiger partial charge in [-0.25, -0.2) is 4.39 Å². The lowest BCUT2D eigenvalue weighted by Crippen LogP contribution is -2.28. The van der Waals surface area contributed by atoms with E-state index in [1.54, 1.807) is 0 Å². The van der Waals surface area contributed by atoms with E-state index in [1.807, 2.05) is 24.3 Å². The van der Waals surface area contributed by atoms with Gasteiger partial charge in [-0.3, -0.25) is 9.59 Å². The second-order valence-electron chi connectivity index (χ2n) is 6.74. The minimum Gasteiger partial charge on any atom is -0.326 e. The predicted molar refractivity (Wildman–Crippen MR) is 101 cm³/mol. The van der Waals surface area contributed by atoms with Crippen LogP contribution in [0, 0.1) is 11.7 Å². The maximum absolute atomic E-state index is 13.3. The van der Waals surface area contributed by atoms with Gasteiger partial charge in [0.1, 0.15) is 5.82 Å². The van der Waals surface area contributed by atoms with Crippen LogP contribution in [0.25, 0.3) is 0 Å². The van der Waals surface area contributed by atoms with Crippen molar-refractivity contribution in [1.82, 2.24) is 0 Å². The van der Waals surface area contributed by atoms with Crippen LogP contribution >= 0.6 is 11.6 Å². The monoisotopic (exact) mass is 374 g/mol. The number of carbonyl (C=O) groups is 2. The molecule has 6 heteroatoms. The van der Waals surface area contributed by atoms with E-state index in [0.717, 1.165) is 11.3 Å². The zero-order chi connectivity index (χ0) is 18.8. The van der Waals surface area contributed by atoms with Crippen molar-refractivity contribution < 1.29 is 14.0 Å². The number of para-hydroxylation sites is 1. The lowest BCUT2D eigenvalue weighted by Gasteiger charge is -2.18. The van der Waals surface area contributed by atoms with Crippen molar-refractivity contribution in [3.05, 3.63) is 58.9 Å². The molecular weight excluding hydrogens is 355 g/mol. The Morgan fingerprint density at radius 2 is 2.00 bits per heavy atom. The molecule has 4 nitrogen and oxygen atoms in total. The number of benzene rings is 2. The number of amides is 2. The molecule has 1 saturated heterocycles. The minimum atomic E-state index is -0.540. The van der Waals surface area contributed by atoms with Gasteiger partial charge in [-0.15, -0.1) is 0 Å².